The smallest absolute Gasteiger partial charge is 0.222 e. The highest BCUT2D eigenvalue weighted by atomic mass is 32.2. The molecule has 0 bridgehead atoms. The Morgan fingerprint density at radius 3 is 2.60 bits per heavy atom. The van der Waals surface area contributed by atoms with E-state index in [1.807, 2.05) is 40.9 Å². The van der Waals surface area contributed by atoms with Crippen LogP contribution in [-0.2, 0) is 16.0 Å². The van der Waals surface area contributed by atoms with Gasteiger partial charge in [0.2, 0.25) is 11.8 Å². The van der Waals surface area contributed by atoms with E-state index in [0.717, 1.165) is 48.7 Å². The van der Waals surface area contributed by atoms with Crippen LogP contribution in [0.1, 0.15) is 31.2 Å². The molecule has 2 amide bonds. The van der Waals surface area contributed by atoms with E-state index in [1.54, 1.807) is 7.11 Å². The third kappa shape index (κ3) is 4.69. The molecule has 0 radical (unpaired) electrons. The van der Waals surface area contributed by atoms with Crippen LogP contribution in [0, 0.1) is 0 Å². The molecule has 1 N–H and O–H groups in total. The Labute approximate surface area is 153 Å². The highest BCUT2D eigenvalue weighted by Gasteiger charge is 2.38. The lowest BCUT2D eigenvalue weighted by atomic mass is 9.85. The topological polar surface area (TPSA) is 58.6 Å². The monoisotopic (exact) mass is 362 g/mol. The van der Waals surface area contributed by atoms with Crippen LogP contribution < -0.4 is 10.1 Å². The van der Waals surface area contributed by atoms with Crippen molar-refractivity contribution in [3.05, 3.63) is 29.8 Å². The van der Waals surface area contributed by atoms with Crippen molar-refractivity contribution < 1.29 is 14.3 Å². The number of nitrogens with zero attached hydrogens (tertiary/aromatic N) is 1. The molecule has 0 aromatic heterocycles. The molecule has 0 spiro atoms. The minimum atomic E-state index is -0.300. The lowest BCUT2D eigenvalue weighted by molar-refractivity contribution is -0.131. The number of nitrogens with one attached hydrogen (secondary N) is 1. The van der Waals surface area contributed by atoms with Gasteiger partial charge < -0.3 is 15.0 Å². The van der Waals surface area contributed by atoms with Crippen molar-refractivity contribution in [3.63, 3.8) is 0 Å². The Bertz CT molecular complexity index is 614. The average molecular weight is 362 g/mol. The molecule has 2 fully saturated rings. The van der Waals surface area contributed by atoms with Crippen molar-refractivity contribution in [2.45, 2.75) is 37.6 Å². The maximum Gasteiger partial charge on any atom is 0.222 e. The molecule has 5 nitrogen and oxygen atoms in total. The molecule has 0 aliphatic carbocycles. The first-order valence-electron chi connectivity index (χ1n) is 8.90. The maximum atomic E-state index is 12.5. The second-order valence-electron chi connectivity index (χ2n) is 6.85. The van der Waals surface area contributed by atoms with Crippen LogP contribution in [0.4, 0.5) is 0 Å². The Kier molecular flexibility index (Phi) is 5.89. The highest BCUT2D eigenvalue weighted by molar-refractivity contribution is 7.99. The quantitative estimate of drug-likeness (QED) is 0.843. The number of rotatable bonds is 6. The zero-order chi connectivity index (χ0) is 17.7. The van der Waals surface area contributed by atoms with Gasteiger partial charge in [0, 0.05) is 43.0 Å². The molecule has 25 heavy (non-hydrogen) atoms. The highest BCUT2D eigenvalue weighted by Crippen LogP contribution is 2.30. The van der Waals surface area contributed by atoms with E-state index in [0.29, 0.717) is 19.3 Å². The molecule has 136 valence electrons. The summed E-state index contributed by atoms with van der Waals surface area (Å²) in [7, 11) is 1.65. The standard InChI is InChI=1S/C19H26N2O3S/c1-24-16-4-2-15(3-5-16)14-19(8-6-17(22)20-19)9-7-18(23)21-10-12-25-13-11-21/h2-5H,6-14H2,1H3,(H,20,22). The van der Waals surface area contributed by atoms with Crippen molar-refractivity contribution in [1.82, 2.24) is 10.2 Å². The minimum Gasteiger partial charge on any atom is -0.497 e. The molecule has 2 heterocycles. The van der Waals surface area contributed by atoms with Gasteiger partial charge in [-0.1, -0.05) is 12.1 Å². The van der Waals surface area contributed by atoms with Crippen LogP contribution in [0.5, 0.6) is 5.75 Å². The van der Waals surface area contributed by atoms with Crippen LogP contribution in [0.15, 0.2) is 24.3 Å². The summed E-state index contributed by atoms with van der Waals surface area (Å²) >= 11 is 1.90. The zero-order valence-electron chi connectivity index (χ0n) is 14.8. The molecule has 2 aliphatic heterocycles. The number of benzene rings is 1. The Morgan fingerprint density at radius 2 is 2.00 bits per heavy atom. The molecule has 1 aromatic rings. The van der Waals surface area contributed by atoms with E-state index in [-0.39, 0.29) is 17.4 Å². The number of thioether (sulfide) groups is 1. The maximum absolute atomic E-state index is 12.5. The molecule has 1 aromatic carbocycles. The normalized spacial score (nSPS) is 23.4. The van der Waals surface area contributed by atoms with E-state index in [1.165, 1.54) is 0 Å². The number of ether oxygens (including phenoxy) is 1. The minimum absolute atomic E-state index is 0.0929. The Hall–Kier alpha value is -1.69. The number of carbonyl (C=O) groups excluding carboxylic acids is 2. The van der Waals surface area contributed by atoms with Crippen LogP contribution in [0.25, 0.3) is 0 Å². The Morgan fingerprint density at radius 1 is 1.28 bits per heavy atom. The zero-order valence-corrected chi connectivity index (χ0v) is 15.6. The number of amides is 2. The van der Waals surface area contributed by atoms with Gasteiger partial charge >= 0.3 is 0 Å². The third-order valence-corrected chi connectivity index (χ3v) is 6.06. The number of carbonyl (C=O) groups is 2. The first-order valence-corrected chi connectivity index (χ1v) is 10.1. The fraction of sp³-hybridized carbons (Fsp3) is 0.579. The van der Waals surface area contributed by atoms with Gasteiger partial charge in [0.15, 0.2) is 0 Å². The molecule has 3 rings (SSSR count). The molecular weight excluding hydrogens is 336 g/mol. The number of hydrogen-bond acceptors (Lipinski definition) is 4. The molecular formula is C19H26N2O3S. The molecule has 1 atom stereocenters. The second kappa shape index (κ2) is 8.13. The van der Waals surface area contributed by atoms with Gasteiger partial charge in [-0.3, -0.25) is 9.59 Å². The lowest BCUT2D eigenvalue weighted by Crippen LogP contribution is -2.45. The fourth-order valence-electron chi connectivity index (χ4n) is 3.63. The fourth-order valence-corrected chi connectivity index (χ4v) is 4.54. The summed E-state index contributed by atoms with van der Waals surface area (Å²) in [6, 6.07) is 7.95. The average Bonchev–Trinajstić information content (AvgIpc) is 3.02. The molecule has 2 aliphatic rings. The van der Waals surface area contributed by atoms with Gasteiger partial charge in [-0.25, -0.2) is 0 Å². The van der Waals surface area contributed by atoms with Gasteiger partial charge in [-0.05, 0) is 37.0 Å². The summed E-state index contributed by atoms with van der Waals surface area (Å²) in [4.78, 5) is 26.3. The third-order valence-electron chi connectivity index (χ3n) is 5.12. The van der Waals surface area contributed by atoms with E-state index in [9.17, 15) is 9.59 Å². The predicted octanol–water partition coefficient (Wildman–Crippen LogP) is 2.24. The molecule has 1 unspecified atom stereocenters. The van der Waals surface area contributed by atoms with Gasteiger partial charge in [0.05, 0.1) is 7.11 Å². The Balaban J connectivity index is 1.63. The van der Waals surface area contributed by atoms with Crippen LogP contribution in [-0.4, -0.2) is 54.0 Å². The van der Waals surface area contributed by atoms with E-state index >= 15 is 0 Å². The van der Waals surface area contributed by atoms with Crippen molar-refractivity contribution in [2.75, 3.05) is 31.7 Å². The summed E-state index contributed by atoms with van der Waals surface area (Å²) in [5.41, 5.74) is 0.858. The van der Waals surface area contributed by atoms with Crippen molar-refractivity contribution in [2.24, 2.45) is 0 Å². The first kappa shape index (κ1) is 18.1. The van der Waals surface area contributed by atoms with Crippen LogP contribution in [0.2, 0.25) is 0 Å². The summed E-state index contributed by atoms with van der Waals surface area (Å²) in [5, 5.41) is 3.16. The lowest BCUT2D eigenvalue weighted by Gasteiger charge is -2.32. The summed E-state index contributed by atoms with van der Waals surface area (Å²) in [6.07, 6.45) is 3.30. The van der Waals surface area contributed by atoms with Gasteiger partial charge in [0.1, 0.15) is 5.75 Å². The van der Waals surface area contributed by atoms with Crippen molar-refractivity contribution in [3.8, 4) is 5.75 Å². The second-order valence-corrected chi connectivity index (χ2v) is 8.07. The summed E-state index contributed by atoms with van der Waals surface area (Å²) < 4.78 is 5.21. The number of methoxy groups -OCH3 is 1. The summed E-state index contributed by atoms with van der Waals surface area (Å²) in [5.74, 6) is 3.19. The van der Waals surface area contributed by atoms with Crippen LogP contribution >= 0.6 is 11.8 Å². The summed E-state index contributed by atoms with van der Waals surface area (Å²) in [6.45, 7) is 1.70. The van der Waals surface area contributed by atoms with Gasteiger partial charge in [-0.15, -0.1) is 0 Å². The van der Waals surface area contributed by atoms with Gasteiger partial charge in [0.25, 0.3) is 0 Å². The van der Waals surface area contributed by atoms with Crippen molar-refractivity contribution >= 4 is 23.6 Å². The van der Waals surface area contributed by atoms with E-state index < -0.39 is 0 Å². The van der Waals surface area contributed by atoms with Crippen LogP contribution in [0.3, 0.4) is 0 Å². The van der Waals surface area contributed by atoms with E-state index in [4.69, 9.17) is 4.74 Å². The molecule has 0 saturated carbocycles. The first-order chi connectivity index (χ1) is 12.1. The van der Waals surface area contributed by atoms with Gasteiger partial charge in [-0.2, -0.15) is 11.8 Å². The van der Waals surface area contributed by atoms with E-state index in [2.05, 4.69) is 5.32 Å². The largest absolute Gasteiger partial charge is 0.497 e. The predicted molar refractivity (Wildman–Crippen MR) is 99.9 cm³/mol. The molecule has 6 heteroatoms. The molecule has 2 saturated heterocycles. The van der Waals surface area contributed by atoms with Crippen molar-refractivity contribution in [1.29, 1.82) is 0 Å². The number of hydrogen-bond donors (Lipinski definition) is 1. The SMILES string of the molecule is COc1ccc(CC2(CCC(=O)N3CCSCC3)CCC(=O)N2)cc1.